The molecule has 1 saturated carbocycles. The monoisotopic (exact) mass is 356 g/mol. The van der Waals surface area contributed by atoms with Gasteiger partial charge in [-0.25, -0.2) is 0 Å². The van der Waals surface area contributed by atoms with E-state index in [1.54, 1.807) is 19.3 Å². The zero-order valence-corrected chi connectivity index (χ0v) is 15.4. The van der Waals surface area contributed by atoms with Crippen LogP contribution in [0.15, 0.2) is 28.8 Å². The smallest absolute Gasteiger partial charge is 0.244 e. The van der Waals surface area contributed by atoms with Crippen molar-refractivity contribution in [3.8, 4) is 11.5 Å². The number of carbonyl (C=O) groups is 1. The second kappa shape index (κ2) is 8.08. The molecule has 0 radical (unpaired) electrons. The van der Waals surface area contributed by atoms with Gasteiger partial charge in [0, 0.05) is 12.6 Å². The highest BCUT2D eigenvalue weighted by Crippen LogP contribution is 2.30. The molecule has 1 amide bonds. The van der Waals surface area contributed by atoms with Crippen LogP contribution in [0.5, 0.6) is 11.5 Å². The fourth-order valence-corrected chi connectivity index (χ4v) is 2.56. The van der Waals surface area contributed by atoms with E-state index in [9.17, 15) is 4.79 Å². The number of hydrogen-bond acceptors (Lipinski definition) is 5. The summed E-state index contributed by atoms with van der Waals surface area (Å²) in [6, 6.07) is 5.56. The Morgan fingerprint density at radius 2 is 2.15 bits per heavy atom. The number of amides is 1. The molecular weight excluding hydrogens is 332 g/mol. The van der Waals surface area contributed by atoms with E-state index in [2.05, 4.69) is 10.5 Å². The second-order valence-corrected chi connectivity index (χ2v) is 6.52. The van der Waals surface area contributed by atoms with Crippen molar-refractivity contribution in [2.45, 2.75) is 33.3 Å². The van der Waals surface area contributed by atoms with Crippen molar-refractivity contribution in [3.05, 3.63) is 46.9 Å². The van der Waals surface area contributed by atoms with Crippen LogP contribution in [0.3, 0.4) is 0 Å². The molecule has 6 nitrogen and oxygen atoms in total. The first-order valence-corrected chi connectivity index (χ1v) is 8.75. The lowest BCUT2D eigenvalue weighted by molar-refractivity contribution is -0.116. The van der Waals surface area contributed by atoms with Crippen molar-refractivity contribution in [3.63, 3.8) is 0 Å². The first kappa shape index (κ1) is 18.0. The van der Waals surface area contributed by atoms with E-state index >= 15 is 0 Å². The molecule has 0 aliphatic heterocycles. The molecule has 1 heterocycles. The average molecular weight is 356 g/mol. The molecule has 0 saturated heterocycles. The van der Waals surface area contributed by atoms with Crippen molar-refractivity contribution in [2.24, 2.45) is 5.92 Å². The van der Waals surface area contributed by atoms with E-state index in [-0.39, 0.29) is 5.91 Å². The molecule has 1 fully saturated rings. The Balaban J connectivity index is 1.62. The molecule has 26 heavy (non-hydrogen) atoms. The van der Waals surface area contributed by atoms with Gasteiger partial charge in [0.25, 0.3) is 0 Å². The van der Waals surface area contributed by atoms with Gasteiger partial charge < -0.3 is 19.3 Å². The average Bonchev–Trinajstić information content (AvgIpc) is 3.42. The predicted octanol–water partition coefficient (Wildman–Crippen LogP) is 3.42. The van der Waals surface area contributed by atoms with E-state index in [0.29, 0.717) is 24.0 Å². The number of aromatic nitrogens is 1. The summed E-state index contributed by atoms with van der Waals surface area (Å²) in [6.45, 7) is 4.87. The summed E-state index contributed by atoms with van der Waals surface area (Å²) >= 11 is 0. The van der Waals surface area contributed by atoms with Crippen LogP contribution in [0.25, 0.3) is 6.08 Å². The molecule has 1 aromatic heterocycles. The van der Waals surface area contributed by atoms with Crippen molar-refractivity contribution in [2.75, 3.05) is 13.7 Å². The van der Waals surface area contributed by atoms with Crippen LogP contribution in [-0.4, -0.2) is 24.7 Å². The number of rotatable bonds is 8. The third-order valence-electron chi connectivity index (χ3n) is 4.43. The summed E-state index contributed by atoms with van der Waals surface area (Å²) in [4.78, 5) is 11.8. The maximum Gasteiger partial charge on any atom is 0.244 e. The van der Waals surface area contributed by atoms with Crippen LogP contribution in [0, 0.1) is 19.8 Å². The molecule has 1 N–H and O–H groups in total. The first-order valence-electron chi connectivity index (χ1n) is 8.75. The number of ether oxygens (including phenoxy) is 2. The standard InChI is InChI=1S/C20H24N2O4/c1-13-17(14(2)26-22-13)12-25-18-8-6-15(10-19(18)24-3)7-9-20(23)21-11-16-4-5-16/h6-10,16H,4-5,11-12H2,1-3H3,(H,21,23)/b9-7+. The summed E-state index contributed by atoms with van der Waals surface area (Å²) in [5.74, 6) is 2.58. The molecular formula is C20H24N2O4. The minimum absolute atomic E-state index is 0.0744. The maximum absolute atomic E-state index is 11.8. The van der Waals surface area contributed by atoms with Gasteiger partial charge >= 0.3 is 0 Å². The van der Waals surface area contributed by atoms with Gasteiger partial charge in [0.2, 0.25) is 5.91 Å². The van der Waals surface area contributed by atoms with E-state index in [1.165, 1.54) is 12.8 Å². The van der Waals surface area contributed by atoms with Crippen LogP contribution < -0.4 is 14.8 Å². The largest absolute Gasteiger partial charge is 0.493 e. The number of carbonyl (C=O) groups excluding carboxylic acids is 1. The highest BCUT2D eigenvalue weighted by atomic mass is 16.5. The minimum Gasteiger partial charge on any atom is -0.493 e. The van der Waals surface area contributed by atoms with E-state index in [4.69, 9.17) is 14.0 Å². The van der Waals surface area contributed by atoms with Gasteiger partial charge in [-0.2, -0.15) is 0 Å². The molecule has 1 aliphatic rings. The molecule has 1 aromatic carbocycles. The fraction of sp³-hybridized carbons (Fsp3) is 0.400. The van der Waals surface area contributed by atoms with Crippen molar-refractivity contribution >= 4 is 12.0 Å². The van der Waals surface area contributed by atoms with Gasteiger partial charge in [-0.1, -0.05) is 11.2 Å². The van der Waals surface area contributed by atoms with E-state index in [1.807, 2.05) is 32.0 Å². The first-order chi connectivity index (χ1) is 12.6. The Hall–Kier alpha value is -2.76. The lowest BCUT2D eigenvalue weighted by Gasteiger charge is -2.11. The molecule has 1 aliphatic carbocycles. The Morgan fingerprint density at radius 3 is 2.81 bits per heavy atom. The molecule has 138 valence electrons. The van der Waals surface area contributed by atoms with Crippen LogP contribution in [0.1, 0.15) is 35.4 Å². The van der Waals surface area contributed by atoms with Gasteiger partial charge in [0.05, 0.1) is 18.4 Å². The van der Waals surface area contributed by atoms with Gasteiger partial charge in [0.1, 0.15) is 12.4 Å². The molecule has 0 bridgehead atoms. The third-order valence-corrected chi connectivity index (χ3v) is 4.43. The lowest BCUT2D eigenvalue weighted by Crippen LogP contribution is -2.23. The number of benzene rings is 1. The number of nitrogens with one attached hydrogen (secondary N) is 1. The van der Waals surface area contributed by atoms with Crippen molar-refractivity contribution < 1.29 is 18.8 Å². The van der Waals surface area contributed by atoms with Crippen LogP contribution >= 0.6 is 0 Å². The minimum atomic E-state index is -0.0744. The summed E-state index contributed by atoms with van der Waals surface area (Å²) < 4.78 is 16.4. The van der Waals surface area contributed by atoms with Crippen molar-refractivity contribution in [1.82, 2.24) is 10.5 Å². The van der Waals surface area contributed by atoms with Crippen LogP contribution in [-0.2, 0) is 11.4 Å². The van der Waals surface area contributed by atoms with E-state index in [0.717, 1.165) is 29.1 Å². The quantitative estimate of drug-likeness (QED) is 0.734. The topological polar surface area (TPSA) is 73.6 Å². The Kier molecular flexibility index (Phi) is 5.61. The molecule has 6 heteroatoms. The zero-order valence-electron chi connectivity index (χ0n) is 15.4. The van der Waals surface area contributed by atoms with Gasteiger partial charge in [-0.05, 0) is 56.4 Å². The highest BCUT2D eigenvalue weighted by molar-refractivity contribution is 5.91. The highest BCUT2D eigenvalue weighted by Gasteiger charge is 2.21. The molecule has 3 rings (SSSR count). The normalized spacial score (nSPS) is 13.8. The maximum atomic E-state index is 11.8. The van der Waals surface area contributed by atoms with Gasteiger partial charge in [-0.3, -0.25) is 4.79 Å². The second-order valence-electron chi connectivity index (χ2n) is 6.52. The Bertz CT molecular complexity index is 787. The molecule has 2 aromatic rings. The third kappa shape index (κ3) is 4.65. The zero-order chi connectivity index (χ0) is 18.5. The van der Waals surface area contributed by atoms with Gasteiger partial charge in [-0.15, -0.1) is 0 Å². The molecule has 0 unspecified atom stereocenters. The number of methoxy groups -OCH3 is 1. The summed E-state index contributed by atoms with van der Waals surface area (Å²) in [6.07, 6.45) is 5.75. The number of hydrogen-bond donors (Lipinski definition) is 1. The fourth-order valence-electron chi connectivity index (χ4n) is 2.56. The summed E-state index contributed by atoms with van der Waals surface area (Å²) in [7, 11) is 1.59. The molecule has 0 atom stereocenters. The van der Waals surface area contributed by atoms with Crippen LogP contribution in [0.2, 0.25) is 0 Å². The lowest BCUT2D eigenvalue weighted by atomic mass is 10.2. The predicted molar refractivity (Wildman–Crippen MR) is 98.1 cm³/mol. The van der Waals surface area contributed by atoms with Crippen molar-refractivity contribution in [1.29, 1.82) is 0 Å². The van der Waals surface area contributed by atoms with Gasteiger partial charge in [0.15, 0.2) is 11.5 Å². The summed E-state index contributed by atoms with van der Waals surface area (Å²) in [5.41, 5.74) is 2.62. The molecule has 0 spiro atoms. The Labute approximate surface area is 153 Å². The SMILES string of the molecule is COc1cc(/C=C/C(=O)NCC2CC2)ccc1OCc1c(C)noc1C. The number of nitrogens with zero attached hydrogens (tertiary/aromatic N) is 1. The van der Waals surface area contributed by atoms with E-state index < -0.39 is 0 Å². The summed E-state index contributed by atoms with van der Waals surface area (Å²) in [5, 5.41) is 6.83. The Morgan fingerprint density at radius 1 is 1.35 bits per heavy atom. The van der Waals surface area contributed by atoms with Crippen LogP contribution in [0.4, 0.5) is 0 Å². The number of aryl methyl sites for hydroxylation is 2.